The first-order chi connectivity index (χ1) is 70.7. The number of pyridine rings is 4. The Balaban J connectivity index is 0.000000133. The molecule has 0 radical (unpaired) electrons. The number of methoxy groups -OCH3 is 10. The van der Waals surface area contributed by atoms with Crippen molar-refractivity contribution in [2.45, 2.75) is 64.4 Å². The lowest BCUT2D eigenvalue weighted by atomic mass is 9.91. The number of aliphatic hydroxyl groups is 9. The third-order valence-corrected chi connectivity index (χ3v) is 29.8. The Hall–Kier alpha value is -15.4. The predicted molar refractivity (Wildman–Crippen MR) is 569 cm³/mol. The lowest BCUT2D eigenvalue weighted by Gasteiger charge is -2.19. The molecule has 20 aromatic rings. The summed E-state index contributed by atoms with van der Waals surface area (Å²) < 4.78 is 97.6. The van der Waals surface area contributed by atoms with Gasteiger partial charge in [-0.25, -0.2) is 12.7 Å². The highest BCUT2D eigenvalue weighted by molar-refractivity contribution is 7.89. The van der Waals surface area contributed by atoms with Crippen molar-refractivity contribution in [3.05, 3.63) is 275 Å². The zero-order chi connectivity index (χ0) is 104. The van der Waals surface area contributed by atoms with E-state index in [0.29, 0.717) is 85.3 Å². The summed E-state index contributed by atoms with van der Waals surface area (Å²) in [4.78, 5) is 2.28. The average Bonchev–Trinajstić information content (AvgIpc) is 1.52. The maximum atomic E-state index is 12.6. The second-order valence-corrected chi connectivity index (χ2v) is 38.0. The Morgan fingerprint density at radius 3 is 0.781 bits per heavy atom. The van der Waals surface area contributed by atoms with Crippen LogP contribution in [0.15, 0.2) is 235 Å². The first kappa shape index (κ1) is 102. The number of aliphatic hydroxyl groups excluding tert-OH is 9. The summed E-state index contributed by atoms with van der Waals surface area (Å²) >= 11 is 0. The van der Waals surface area contributed by atoms with Crippen LogP contribution >= 0.6 is 0 Å². The summed E-state index contributed by atoms with van der Waals surface area (Å²) in [7, 11) is 27.5. The number of anilines is 1. The highest BCUT2D eigenvalue weighted by atomic mass is 32.2. The van der Waals surface area contributed by atoms with Gasteiger partial charge >= 0.3 is 0 Å². The number of ether oxygens (including phenoxy) is 10. The van der Waals surface area contributed by atoms with E-state index in [1.807, 2.05) is 185 Å². The number of nitrogens with zero attached hydrogens (tertiary/aromatic N) is 6. The molecule has 0 saturated carbocycles. The van der Waals surface area contributed by atoms with E-state index < -0.39 is 10.0 Å². The molecule has 0 amide bonds. The molecular formula is C117H118N6O22S+4. The maximum Gasteiger partial charge on any atom is 0.242 e. The van der Waals surface area contributed by atoms with Crippen LogP contribution in [0.2, 0.25) is 0 Å². The molecule has 0 fully saturated rings. The number of fused-ring (bicyclic) bond motifs is 20. The number of furan rings is 1. The summed E-state index contributed by atoms with van der Waals surface area (Å²) in [5.41, 5.74) is 18.4. The van der Waals surface area contributed by atoms with Gasteiger partial charge in [0.1, 0.15) is 28.2 Å². The monoisotopic (exact) mass is 1990 g/mol. The zero-order valence-corrected chi connectivity index (χ0v) is 85.5. The standard InChI is InChI=1S/C31H32NO7.C30H31N2O6S.C30H31N2O4.C26H24NO5/c1-32-13-24-20(7-6-17(14-33)25(24)16-35)22-9-8-21-23(29(22)32)12-27(37-3)31(39-5)28(21)18-10-19(15-34)30(38-4)26(11-18)36-2;1-31(2)39(35,36)20-9-6-18(7-10-20)28-22-12-13-23-21-11-8-19(16-33)26(17-34)25(21)15-32(3)29(23)24(22)14-27(37-4)30(28)38-5;1-31(2)20-9-6-18(7-10-20)28-22-12-13-23-21-11-8-19(16-33)26(17-34)25(21)15-32(3)29(23)24(22)14-27(35-4)30(28)36-5;1-27-11-21-17(5-4-15(12-28)22(21)13-29)19-7-6-18-20(25(19)27)10-23(30-2)26(31-3)24(18)16-8-9-32-14-16/h6-13,33-35H,14-16H2,1-5H3;6-15,33-34H,16-17H2,1-5H3;6-15,33-34H,16-17H2,1-5H3;4-11,14,28-29H,12-13H2,1-3H3/q4*+1. The number of aromatic nitrogens is 4. The van der Waals surface area contributed by atoms with Gasteiger partial charge in [-0.1, -0.05) is 97.1 Å². The van der Waals surface area contributed by atoms with Crippen molar-refractivity contribution in [1.29, 1.82) is 0 Å². The van der Waals surface area contributed by atoms with E-state index in [4.69, 9.17) is 51.8 Å². The van der Waals surface area contributed by atoms with Gasteiger partial charge in [0.15, 0.2) is 82.3 Å². The minimum absolute atomic E-state index is 0.113. The van der Waals surface area contributed by atoms with Gasteiger partial charge in [-0.15, -0.1) is 0 Å². The van der Waals surface area contributed by atoms with Crippen LogP contribution in [-0.2, 0) is 97.7 Å². The molecule has 750 valence electrons. The van der Waals surface area contributed by atoms with Crippen molar-refractivity contribution in [2.24, 2.45) is 28.2 Å². The minimum Gasteiger partial charge on any atom is -0.493 e. The smallest absolute Gasteiger partial charge is 0.242 e. The summed E-state index contributed by atoms with van der Waals surface area (Å²) in [6.07, 6.45) is 11.3. The molecule has 0 aliphatic carbocycles. The summed E-state index contributed by atoms with van der Waals surface area (Å²) in [5.74, 6) is 5.81. The zero-order valence-electron chi connectivity index (χ0n) is 84.6. The fourth-order valence-corrected chi connectivity index (χ4v) is 21.9. The number of hydrogen-bond acceptors (Lipinski definition) is 23. The molecule has 0 aliphatic heterocycles. The van der Waals surface area contributed by atoms with Gasteiger partial charge in [-0.05, 0) is 152 Å². The molecule has 146 heavy (non-hydrogen) atoms. The molecule has 0 saturated heterocycles. The lowest BCUT2D eigenvalue weighted by Crippen LogP contribution is -2.29. The maximum absolute atomic E-state index is 12.6. The van der Waals surface area contributed by atoms with Gasteiger partial charge in [0.25, 0.3) is 0 Å². The van der Waals surface area contributed by atoms with Gasteiger partial charge in [0.05, 0.1) is 213 Å². The molecule has 9 N–H and O–H groups in total. The lowest BCUT2D eigenvalue weighted by molar-refractivity contribution is -0.642. The van der Waals surface area contributed by atoms with Crippen LogP contribution < -0.4 is 70.5 Å². The van der Waals surface area contributed by atoms with Crippen LogP contribution in [0.4, 0.5) is 5.69 Å². The van der Waals surface area contributed by atoms with Gasteiger partial charge in [-0.3, -0.25) is 0 Å². The van der Waals surface area contributed by atoms with Crippen molar-refractivity contribution in [2.75, 3.05) is 104 Å². The second kappa shape index (κ2) is 42.5. The van der Waals surface area contributed by atoms with E-state index >= 15 is 0 Å². The fraction of sp³-hybridized carbons (Fsp3) is 0.231. The number of sulfonamides is 1. The Kier molecular flexibility index (Phi) is 29.7. The van der Waals surface area contributed by atoms with Crippen molar-refractivity contribution >= 4 is 146 Å². The van der Waals surface area contributed by atoms with Crippen LogP contribution in [0.1, 0.15) is 50.1 Å². The van der Waals surface area contributed by atoms with Crippen molar-refractivity contribution in [1.82, 2.24) is 4.31 Å². The third-order valence-electron chi connectivity index (χ3n) is 28.0. The number of benzene rings is 15. The van der Waals surface area contributed by atoms with E-state index in [1.165, 1.54) is 18.4 Å². The molecular weight excluding hydrogens is 1870 g/mol. The van der Waals surface area contributed by atoms with Gasteiger partial charge in [-0.2, -0.15) is 18.3 Å². The Morgan fingerprint density at radius 2 is 0.527 bits per heavy atom. The molecule has 0 aliphatic rings. The van der Waals surface area contributed by atoms with Crippen LogP contribution in [-0.4, -0.2) is 158 Å². The van der Waals surface area contributed by atoms with Crippen LogP contribution in [0, 0.1) is 0 Å². The van der Waals surface area contributed by atoms with Gasteiger partial charge in [0.2, 0.25) is 32.1 Å². The fourth-order valence-electron chi connectivity index (χ4n) is 21.0. The van der Waals surface area contributed by atoms with Crippen LogP contribution in [0.25, 0.3) is 174 Å². The molecule has 0 spiro atoms. The van der Waals surface area contributed by atoms with E-state index in [-0.39, 0.29) is 64.4 Å². The highest BCUT2D eigenvalue weighted by Gasteiger charge is 2.32. The molecule has 0 unspecified atom stereocenters. The Bertz CT molecular complexity index is 8640. The van der Waals surface area contributed by atoms with Gasteiger partial charge < -0.3 is 103 Å². The first-order valence-electron chi connectivity index (χ1n) is 47.0. The molecule has 0 atom stereocenters. The summed E-state index contributed by atoms with van der Waals surface area (Å²) in [6.45, 7) is -1.38. The van der Waals surface area contributed by atoms with E-state index in [2.05, 4.69) is 68.6 Å². The van der Waals surface area contributed by atoms with Crippen molar-refractivity contribution in [3.8, 4) is 102 Å². The normalized spacial score (nSPS) is 11.6. The molecule has 5 aromatic heterocycles. The Morgan fingerprint density at radius 1 is 0.260 bits per heavy atom. The molecule has 0 bridgehead atoms. The molecule has 15 aromatic carbocycles. The quantitative estimate of drug-likeness (QED) is 0.0180. The number of rotatable bonds is 26. The topological polar surface area (TPSA) is 344 Å². The van der Waals surface area contributed by atoms with Crippen molar-refractivity contribution < 1.29 is 124 Å². The minimum atomic E-state index is -3.57. The highest BCUT2D eigenvalue weighted by Crippen LogP contribution is 2.53. The van der Waals surface area contributed by atoms with Crippen LogP contribution in [0.5, 0.6) is 57.5 Å². The van der Waals surface area contributed by atoms with Crippen LogP contribution in [0.3, 0.4) is 0 Å². The summed E-state index contributed by atoms with van der Waals surface area (Å²) in [6, 6.07) is 60.8. The second-order valence-electron chi connectivity index (χ2n) is 35.9. The SMILES string of the molecule is COc1cc(-c2c(OC)c(OC)cc3c2ccc2c4ccc(CO)c(CO)c4c[n+](C)c32)cc(CO)c1OC.COc1cc2c(ccc3c4ccc(CO)c(CO)c4c[n+](C)c23)c(-c2ccc(N(C)C)cc2)c1OC.COc1cc2c(ccc3c4ccc(CO)c(CO)c4c[n+](C)c23)c(-c2ccc(S(=O)(=O)N(C)C)cc2)c1OC.COc1cc2c(ccc3c4ccc(CO)c(CO)c4c[n+](C)c23)c(-c2ccoc2)c1OC. The molecule has 28 nitrogen and oxygen atoms in total. The van der Waals surface area contributed by atoms with Crippen molar-refractivity contribution in [3.63, 3.8) is 0 Å². The third kappa shape index (κ3) is 17.5. The Labute approximate surface area is 843 Å². The predicted octanol–water partition coefficient (Wildman–Crippen LogP) is 17.0. The number of aryl methyl sites for hydroxylation is 4. The van der Waals surface area contributed by atoms with Gasteiger partial charge in [0, 0.05) is 110 Å². The first-order valence-corrected chi connectivity index (χ1v) is 48.5. The molecule has 29 heteroatoms. The van der Waals surface area contributed by atoms with E-state index in [9.17, 15) is 54.4 Å². The largest absolute Gasteiger partial charge is 0.493 e. The van der Waals surface area contributed by atoms with E-state index in [1.54, 1.807) is 108 Å². The molecule has 5 heterocycles. The molecule has 20 rings (SSSR count). The van der Waals surface area contributed by atoms with E-state index in [0.717, 1.165) is 202 Å². The average molecular weight is 1990 g/mol. The summed E-state index contributed by atoms with van der Waals surface area (Å²) in [5, 5.41) is 109. The number of hydrogen-bond donors (Lipinski definition) is 9.